The maximum absolute atomic E-state index is 12.2. The average Bonchev–Trinajstić information content (AvgIpc) is 2.47. The minimum atomic E-state index is -4.40. The molecule has 0 radical (unpaired) electrons. The molecule has 0 unspecified atom stereocenters. The predicted octanol–water partition coefficient (Wildman–Crippen LogP) is 1.48. The summed E-state index contributed by atoms with van der Waals surface area (Å²) in [5.74, 6) is -0.158. The molecule has 22 heavy (non-hydrogen) atoms. The Morgan fingerprint density at radius 2 is 2.00 bits per heavy atom. The number of benzene rings is 1. The largest absolute Gasteiger partial charge is 0.484 e. The highest BCUT2D eigenvalue weighted by Gasteiger charge is 2.28. The van der Waals surface area contributed by atoms with E-state index in [0.717, 1.165) is 0 Å². The lowest BCUT2D eigenvalue weighted by Gasteiger charge is -2.13. The quantitative estimate of drug-likeness (QED) is 0.677. The summed E-state index contributed by atoms with van der Waals surface area (Å²) < 4.78 is 46.1. The molecule has 8 heteroatoms. The van der Waals surface area contributed by atoms with Gasteiger partial charge in [-0.15, -0.1) is 0 Å². The number of ether oxygens (including phenoxy) is 2. The van der Waals surface area contributed by atoms with Crippen LogP contribution < -0.4 is 15.4 Å². The van der Waals surface area contributed by atoms with E-state index >= 15 is 0 Å². The summed E-state index contributed by atoms with van der Waals surface area (Å²) in [6, 6.07) is 6.27. The van der Waals surface area contributed by atoms with E-state index in [4.69, 9.17) is 9.47 Å². The van der Waals surface area contributed by atoms with Crippen LogP contribution in [0.15, 0.2) is 24.3 Å². The zero-order chi connectivity index (χ0) is 16.4. The van der Waals surface area contributed by atoms with Gasteiger partial charge in [0.2, 0.25) is 5.91 Å². The van der Waals surface area contributed by atoms with Crippen LogP contribution in [0.5, 0.6) is 5.75 Å². The molecule has 0 fully saturated rings. The lowest BCUT2D eigenvalue weighted by atomic mass is 10.2. The molecule has 1 aromatic rings. The predicted molar refractivity (Wildman–Crippen MR) is 74.6 cm³/mol. The molecule has 0 atom stereocenters. The molecule has 0 saturated heterocycles. The minimum absolute atomic E-state index is 0.0961. The van der Waals surface area contributed by atoms with E-state index < -0.39 is 12.8 Å². The van der Waals surface area contributed by atoms with Crippen molar-refractivity contribution in [3.8, 4) is 5.75 Å². The van der Waals surface area contributed by atoms with Crippen LogP contribution in [0.3, 0.4) is 0 Å². The highest BCUT2D eigenvalue weighted by atomic mass is 19.4. The van der Waals surface area contributed by atoms with Crippen molar-refractivity contribution in [1.29, 1.82) is 0 Å². The molecule has 0 heterocycles. The number of hydrogen-bond donors (Lipinski definition) is 2. The molecule has 0 aliphatic carbocycles. The number of nitrogens with one attached hydrogen (secondary N) is 2. The van der Waals surface area contributed by atoms with E-state index in [-0.39, 0.29) is 24.7 Å². The molecule has 1 aromatic carbocycles. The average molecular weight is 320 g/mol. The summed E-state index contributed by atoms with van der Waals surface area (Å²) in [5.41, 5.74) is 0.483. The van der Waals surface area contributed by atoms with Gasteiger partial charge in [-0.2, -0.15) is 13.2 Å². The molecular formula is C14H19F3N2O3. The lowest BCUT2D eigenvalue weighted by Crippen LogP contribution is -2.35. The Kier molecular flexibility index (Phi) is 7.69. The smallest absolute Gasteiger partial charge is 0.422 e. The van der Waals surface area contributed by atoms with Gasteiger partial charge in [0.05, 0.1) is 13.2 Å². The van der Waals surface area contributed by atoms with E-state index in [0.29, 0.717) is 18.7 Å². The standard InChI is InChI=1S/C14H19F3N2O3/c1-21-7-6-18-9-13(20)19-8-11-4-2-3-5-12(11)22-10-14(15,16)17/h2-5,18H,6-10H2,1H3,(H,19,20). The van der Waals surface area contributed by atoms with Crippen LogP contribution in [0.25, 0.3) is 0 Å². The topological polar surface area (TPSA) is 59.6 Å². The first-order valence-corrected chi connectivity index (χ1v) is 6.66. The Morgan fingerprint density at radius 1 is 1.27 bits per heavy atom. The number of amides is 1. The highest BCUT2D eigenvalue weighted by molar-refractivity contribution is 5.78. The number of methoxy groups -OCH3 is 1. The number of rotatable bonds is 9. The van der Waals surface area contributed by atoms with Gasteiger partial charge in [0.1, 0.15) is 5.75 Å². The maximum Gasteiger partial charge on any atom is 0.422 e. The van der Waals surface area contributed by atoms with Crippen LogP contribution >= 0.6 is 0 Å². The van der Waals surface area contributed by atoms with Crippen molar-refractivity contribution in [2.45, 2.75) is 12.7 Å². The van der Waals surface area contributed by atoms with Gasteiger partial charge in [0, 0.05) is 25.8 Å². The molecule has 2 N–H and O–H groups in total. The third-order valence-electron chi connectivity index (χ3n) is 2.61. The van der Waals surface area contributed by atoms with Gasteiger partial charge >= 0.3 is 6.18 Å². The summed E-state index contributed by atoms with van der Waals surface area (Å²) in [6.45, 7) is -0.138. The molecule has 0 saturated carbocycles. The third-order valence-corrected chi connectivity index (χ3v) is 2.61. The van der Waals surface area contributed by atoms with E-state index in [9.17, 15) is 18.0 Å². The zero-order valence-corrected chi connectivity index (χ0v) is 12.2. The normalized spacial score (nSPS) is 11.3. The highest BCUT2D eigenvalue weighted by Crippen LogP contribution is 2.21. The number of alkyl halides is 3. The number of halogens is 3. The van der Waals surface area contributed by atoms with Crippen molar-refractivity contribution < 1.29 is 27.4 Å². The molecule has 0 bridgehead atoms. The first-order valence-electron chi connectivity index (χ1n) is 6.66. The van der Waals surface area contributed by atoms with Crippen LogP contribution in [-0.2, 0) is 16.1 Å². The van der Waals surface area contributed by atoms with Crippen LogP contribution in [0.4, 0.5) is 13.2 Å². The van der Waals surface area contributed by atoms with Crippen molar-refractivity contribution in [3.05, 3.63) is 29.8 Å². The molecule has 5 nitrogen and oxygen atoms in total. The molecule has 0 aromatic heterocycles. The fraction of sp³-hybridized carbons (Fsp3) is 0.500. The second kappa shape index (κ2) is 9.26. The number of carbonyl (C=O) groups excluding carboxylic acids is 1. The van der Waals surface area contributed by atoms with Crippen LogP contribution in [0.2, 0.25) is 0 Å². The lowest BCUT2D eigenvalue weighted by molar-refractivity contribution is -0.153. The van der Waals surface area contributed by atoms with Crippen molar-refractivity contribution in [2.75, 3.05) is 33.4 Å². The number of para-hydroxylation sites is 1. The first-order chi connectivity index (χ1) is 10.4. The van der Waals surface area contributed by atoms with Crippen molar-refractivity contribution in [3.63, 3.8) is 0 Å². The van der Waals surface area contributed by atoms with Crippen LogP contribution in [0, 0.1) is 0 Å². The summed E-state index contributed by atoms with van der Waals surface area (Å²) in [4.78, 5) is 11.6. The molecule has 0 aliphatic heterocycles. The van der Waals surface area contributed by atoms with E-state index in [2.05, 4.69) is 10.6 Å². The van der Waals surface area contributed by atoms with E-state index in [1.165, 1.54) is 6.07 Å². The summed E-state index contributed by atoms with van der Waals surface area (Å²) >= 11 is 0. The fourth-order valence-electron chi connectivity index (χ4n) is 1.58. The second-order valence-corrected chi connectivity index (χ2v) is 4.46. The maximum atomic E-state index is 12.2. The summed E-state index contributed by atoms with van der Waals surface area (Å²) in [5, 5.41) is 5.47. The van der Waals surface area contributed by atoms with Crippen molar-refractivity contribution in [2.24, 2.45) is 0 Å². The molecular weight excluding hydrogens is 301 g/mol. The van der Waals surface area contributed by atoms with Crippen molar-refractivity contribution in [1.82, 2.24) is 10.6 Å². The molecule has 0 spiro atoms. The Labute approximate surface area is 126 Å². The van der Waals surface area contributed by atoms with Gasteiger partial charge in [-0.25, -0.2) is 0 Å². The van der Waals surface area contributed by atoms with Crippen LogP contribution in [-0.4, -0.2) is 45.5 Å². The molecule has 0 aliphatic rings. The van der Waals surface area contributed by atoms with Gasteiger partial charge in [0.15, 0.2) is 6.61 Å². The Morgan fingerprint density at radius 3 is 2.68 bits per heavy atom. The van der Waals surface area contributed by atoms with Gasteiger partial charge in [0.25, 0.3) is 0 Å². The van der Waals surface area contributed by atoms with Gasteiger partial charge in [-0.05, 0) is 6.07 Å². The fourth-order valence-corrected chi connectivity index (χ4v) is 1.58. The Balaban J connectivity index is 2.43. The summed E-state index contributed by atoms with van der Waals surface area (Å²) in [7, 11) is 1.56. The number of carbonyl (C=O) groups is 1. The van der Waals surface area contributed by atoms with Gasteiger partial charge in [-0.3, -0.25) is 4.79 Å². The van der Waals surface area contributed by atoms with Crippen LogP contribution in [0.1, 0.15) is 5.56 Å². The molecule has 1 rings (SSSR count). The van der Waals surface area contributed by atoms with E-state index in [1.807, 2.05) is 0 Å². The third kappa shape index (κ3) is 7.84. The second-order valence-electron chi connectivity index (χ2n) is 4.46. The van der Waals surface area contributed by atoms with Gasteiger partial charge in [-0.1, -0.05) is 18.2 Å². The monoisotopic (exact) mass is 320 g/mol. The van der Waals surface area contributed by atoms with Crippen molar-refractivity contribution >= 4 is 5.91 Å². The molecule has 124 valence electrons. The Bertz CT molecular complexity index is 467. The van der Waals surface area contributed by atoms with E-state index in [1.54, 1.807) is 25.3 Å². The SMILES string of the molecule is COCCNCC(=O)NCc1ccccc1OCC(F)(F)F. The van der Waals surface area contributed by atoms with Gasteiger partial charge < -0.3 is 20.1 Å². The first kappa shape index (κ1) is 18.2. The molecule has 1 amide bonds. The summed E-state index contributed by atoms with van der Waals surface area (Å²) in [6.07, 6.45) is -4.40. The number of hydrogen-bond acceptors (Lipinski definition) is 4. The zero-order valence-electron chi connectivity index (χ0n) is 12.2. The minimum Gasteiger partial charge on any atom is -0.484 e. The Hall–Kier alpha value is -1.80.